The van der Waals surface area contributed by atoms with Gasteiger partial charge in [0.1, 0.15) is 28.7 Å². The van der Waals surface area contributed by atoms with Crippen molar-refractivity contribution in [1.29, 1.82) is 0 Å². The van der Waals surface area contributed by atoms with Crippen molar-refractivity contribution in [3.63, 3.8) is 0 Å². The maximum absolute atomic E-state index is 12.9. The quantitative estimate of drug-likeness (QED) is 0.402. The normalized spacial score (nSPS) is 20.1. The van der Waals surface area contributed by atoms with Gasteiger partial charge in [-0.1, -0.05) is 12.1 Å². The van der Waals surface area contributed by atoms with Crippen LogP contribution in [0, 0.1) is 0 Å². The van der Waals surface area contributed by atoms with Crippen LogP contribution in [0.25, 0.3) is 16.8 Å². The molecule has 6 rings (SSSR count). The Bertz CT molecular complexity index is 1380. The molecule has 0 radical (unpaired) electrons. The van der Waals surface area contributed by atoms with Gasteiger partial charge in [0.2, 0.25) is 0 Å². The Balaban J connectivity index is 1.28. The average Bonchev–Trinajstić information content (AvgIpc) is 3.66. The summed E-state index contributed by atoms with van der Waals surface area (Å²) in [5, 5.41) is 6.49. The summed E-state index contributed by atoms with van der Waals surface area (Å²) in [5.41, 5.74) is 10.6. The SMILES string of the molecule is C[C@@H]1CC[C@@H](c2nc(-c3ccc(C(=O)Nc4cc(C5CC5)ccn4)cc3)c3c(N)nccn23)CN1. The second-order valence-corrected chi connectivity index (χ2v) is 9.71. The van der Waals surface area contributed by atoms with Gasteiger partial charge in [0.05, 0.1) is 0 Å². The fraction of sp³-hybridized carbons (Fsp3) is 0.333. The van der Waals surface area contributed by atoms with E-state index in [9.17, 15) is 4.79 Å². The van der Waals surface area contributed by atoms with E-state index in [-0.39, 0.29) is 5.91 Å². The minimum Gasteiger partial charge on any atom is -0.382 e. The zero-order chi connectivity index (χ0) is 23.9. The van der Waals surface area contributed by atoms with Crippen LogP contribution in [0.3, 0.4) is 0 Å². The lowest BCUT2D eigenvalue weighted by molar-refractivity contribution is 0.102. The molecular formula is C27H29N7O. The van der Waals surface area contributed by atoms with Gasteiger partial charge < -0.3 is 16.4 Å². The van der Waals surface area contributed by atoms with Crippen molar-refractivity contribution in [2.24, 2.45) is 0 Å². The molecule has 1 saturated heterocycles. The van der Waals surface area contributed by atoms with Crippen molar-refractivity contribution < 1.29 is 4.79 Å². The summed E-state index contributed by atoms with van der Waals surface area (Å²) >= 11 is 0. The highest BCUT2D eigenvalue weighted by Crippen LogP contribution is 2.40. The molecule has 4 heterocycles. The van der Waals surface area contributed by atoms with Crippen LogP contribution in [0.15, 0.2) is 55.0 Å². The molecule has 0 bridgehead atoms. The van der Waals surface area contributed by atoms with Gasteiger partial charge >= 0.3 is 0 Å². The van der Waals surface area contributed by atoms with Crippen LogP contribution < -0.4 is 16.4 Å². The Kier molecular flexibility index (Phi) is 5.45. The summed E-state index contributed by atoms with van der Waals surface area (Å²) in [4.78, 5) is 26.5. The van der Waals surface area contributed by atoms with Crippen molar-refractivity contribution in [2.45, 2.75) is 50.5 Å². The molecule has 2 fully saturated rings. The number of nitrogen functional groups attached to an aromatic ring is 1. The first-order valence-corrected chi connectivity index (χ1v) is 12.3. The highest BCUT2D eigenvalue weighted by atomic mass is 16.1. The second kappa shape index (κ2) is 8.78. The number of carbonyl (C=O) groups is 1. The number of amides is 1. The summed E-state index contributed by atoms with van der Waals surface area (Å²) < 4.78 is 2.07. The zero-order valence-corrected chi connectivity index (χ0v) is 19.7. The standard InChI is InChI=1S/C27H29N7O/c1-16-2-3-21(15-31-16)26-33-23(24-25(28)30-12-13-34(24)26)18-6-8-19(9-7-18)27(35)32-22-14-20(10-11-29-22)17-4-5-17/h6-14,16-17,21,31H,2-5,15H2,1H3,(H2,28,30)(H,29,32,35)/t16-,21-/m1/s1. The summed E-state index contributed by atoms with van der Waals surface area (Å²) in [6.45, 7) is 3.10. The third-order valence-corrected chi connectivity index (χ3v) is 7.13. The summed E-state index contributed by atoms with van der Waals surface area (Å²) in [5.74, 6) is 2.75. The van der Waals surface area contributed by atoms with Crippen LogP contribution in [-0.4, -0.2) is 37.8 Å². The largest absolute Gasteiger partial charge is 0.382 e. The number of anilines is 2. The number of fused-ring (bicyclic) bond motifs is 1. The Morgan fingerprint density at radius 2 is 1.86 bits per heavy atom. The predicted octanol–water partition coefficient (Wildman–Crippen LogP) is 4.36. The molecule has 1 aliphatic heterocycles. The summed E-state index contributed by atoms with van der Waals surface area (Å²) in [6.07, 6.45) is 10.0. The van der Waals surface area contributed by atoms with E-state index in [2.05, 4.69) is 31.9 Å². The molecule has 4 aromatic rings. The Hall–Kier alpha value is -3.78. The number of rotatable bonds is 5. The smallest absolute Gasteiger partial charge is 0.256 e. The molecule has 1 aromatic carbocycles. The summed E-state index contributed by atoms with van der Waals surface area (Å²) in [6, 6.07) is 12.0. The number of pyridine rings is 1. The Morgan fingerprint density at radius 3 is 2.60 bits per heavy atom. The molecule has 2 aliphatic rings. The van der Waals surface area contributed by atoms with Crippen LogP contribution in [0.2, 0.25) is 0 Å². The van der Waals surface area contributed by atoms with Gasteiger partial charge in [-0.2, -0.15) is 0 Å². The third-order valence-electron chi connectivity index (χ3n) is 7.13. The fourth-order valence-corrected chi connectivity index (χ4v) is 4.95. The van der Waals surface area contributed by atoms with Gasteiger partial charge in [0.25, 0.3) is 5.91 Å². The van der Waals surface area contributed by atoms with Gasteiger partial charge in [-0.15, -0.1) is 0 Å². The molecule has 35 heavy (non-hydrogen) atoms. The van der Waals surface area contributed by atoms with E-state index < -0.39 is 0 Å². The number of carbonyl (C=O) groups excluding carboxylic acids is 1. The number of nitrogens with two attached hydrogens (primary N) is 1. The lowest BCUT2D eigenvalue weighted by Gasteiger charge is -2.26. The zero-order valence-electron chi connectivity index (χ0n) is 19.7. The molecule has 178 valence electrons. The van der Waals surface area contributed by atoms with E-state index in [1.807, 2.05) is 42.6 Å². The number of aromatic nitrogens is 4. The monoisotopic (exact) mass is 467 g/mol. The number of imidazole rings is 1. The lowest BCUT2D eigenvalue weighted by atomic mass is 9.95. The van der Waals surface area contributed by atoms with Crippen LogP contribution in [0.1, 0.15) is 66.2 Å². The maximum Gasteiger partial charge on any atom is 0.256 e. The number of nitrogens with one attached hydrogen (secondary N) is 2. The van der Waals surface area contributed by atoms with E-state index in [0.717, 1.165) is 42.0 Å². The third kappa shape index (κ3) is 4.25. The van der Waals surface area contributed by atoms with Gasteiger partial charge in [0.15, 0.2) is 0 Å². The lowest BCUT2D eigenvalue weighted by Crippen LogP contribution is -2.36. The summed E-state index contributed by atoms with van der Waals surface area (Å²) in [7, 11) is 0. The molecule has 1 saturated carbocycles. The minimum absolute atomic E-state index is 0.184. The van der Waals surface area contributed by atoms with Crippen molar-refractivity contribution in [3.8, 4) is 11.3 Å². The first kappa shape index (κ1) is 21.7. The van der Waals surface area contributed by atoms with E-state index in [4.69, 9.17) is 10.7 Å². The fourth-order valence-electron chi connectivity index (χ4n) is 4.95. The molecule has 1 amide bonds. The first-order valence-electron chi connectivity index (χ1n) is 12.3. The minimum atomic E-state index is -0.184. The van der Waals surface area contributed by atoms with Crippen LogP contribution in [0.5, 0.6) is 0 Å². The molecule has 1 aliphatic carbocycles. The molecule has 0 unspecified atom stereocenters. The van der Waals surface area contributed by atoms with Crippen LogP contribution in [0.4, 0.5) is 11.6 Å². The van der Waals surface area contributed by atoms with E-state index in [1.54, 1.807) is 12.4 Å². The molecule has 3 aromatic heterocycles. The number of nitrogens with zero attached hydrogens (tertiary/aromatic N) is 4. The topological polar surface area (TPSA) is 110 Å². The molecule has 0 spiro atoms. The molecular weight excluding hydrogens is 438 g/mol. The van der Waals surface area contributed by atoms with Gasteiger partial charge in [-0.3, -0.25) is 9.20 Å². The maximum atomic E-state index is 12.9. The number of benzene rings is 1. The van der Waals surface area contributed by atoms with Gasteiger partial charge in [-0.25, -0.2) is 15.0 Å². The van der Waals surface area contributed by atoms with E-state index >= 15 is 0 Å². The van der Waals surface area contributed by atoms with Crippen molar-refractivity contribution >= 4 is 23.1 Å². The van der Waals surface area contributed by atoms with Crippen LogP contribution >= 0.6 is 0 Å². The molecule has 8 heteroatoms. The highest BCUT2D eigenvalue weighted by Gasteiger charge is 2.26. The van der Waals surface area contributed by atoms with E-state index in [1.165, 1.54) is 18.4 Å². The predicted molar refractivity (Wildman–Crippen MR) is 136 cm³/mol. The van der Waals surface area contributed by atoms with Crippen LogP contribution in [-0.2, 0) is 0 Å². The van der Waals surface area contributed by atoms with Gasteiger partial charge in [-0.05, 0) is 68.4 Å². The molecule has 2 atom stereocenters. The van der Waals surface area contributed by atoms with Crippen molar-refractivity contribution in [1.82, 2.24) is 24.7 Å². The number of hydrogen-bond acceptors (Lipinski definition) is 6. The van der Waals surface area contributed by atoms with Gasteiger partial charge in [0, 0.05) is 48.2 Å². The number of piperidine rings is 1. The molecule has 4 N–H and O–H groups in total. The molecule has 8 nitrogen and oxygen atoms in total. The Labute approximate surface area is 204 Å². The average molecular weight is 468 g/mol. The first-order chi connectivity index (χ1) is 17.1. The second-order valence-electron chi connectivity index (χ2n) is 9.71. The van der Waals surface area contributed by atoms with E-state index in [0.29, 0.717) is 35.1 Å². The highest BCUT2D eigenvalue weighted by molar-refractivity contribution is 6.04. The van der Waals surface area contributed by atoms with Crippen molar-refractivity contribution in [2.75, 3.05) is 17.6 Å². The van der Waals surface area contributed by atoms with Crippen molar-refractivity contribution in [3.05, 3.63) is 71.9 Å². The number of hydrogen-bond donors (Lipinski definition) is 3. The Morgan fingerprint density at radius 1 is 1.06 bits per heavy atom.